The zero-order chi connectivity index (χ0) is 20.0. The van der Waals surface area contributed by atoms with Gasteiger partial charge in [0.2, 0.25) is 5.91 Å². The lowest BCUT2D eigenvalue weighted by Gasteiger charge is -2.14. The molecule has 142 valence electrons. The molecule has 0 radical (unpaired) electrons. The minimum absolute atomic E-state index is 0.105. The SMILES string of the molecule is CC(=O)Nc1ccc(CC(=O)O[C@@H](C)C(=O)Nc2c(F)cccc2F)cc1. The first-order chi connectivity index (χ1) is 12.8. The normalized spacial score (nSPS) is 11.4. The molecule has 0 aliphatic carbocycles. The number of halogens is 2. The Morgan fingerprint density at radius 2 is 1.59 bits per heavy atom. The highest BCUT2D eigenvalue weighted by atomic mass is 19.1. The number of anilines is 2. The molecule has 2 N–H and O–H groups in total. The summed E-state index contributed by atoms with van der Waals surface area (Å²) in [6.45, 7) is 2.68. The van der Waals surface area contributed by atoms with E-state index in [1.807, 2.05) is 0 Å². The number of ether oxygens (including phenoxy) is 1. The smallest absolute Gasteiger partial charge is 0.311 e. The Morgan fingerprint density at radius 1 is 1.00 bits per heavy atom. The van der Waals surface area contributed by atoms with Gasteiger partial charge in [-0.3, -0.25) is 14.4 Å². The Labute approximate surface area is 154 Å². The van der Waals surface area contributed by atoms with E-state index in [9.17, 15) is 23.2 Å². The first-order valence-electron chi connectivity index (χ1n) is 8.07. The van der Waals surface area contributed by atoms with Gasteiger partial charge in [-0.25, -0.2) is 8.78 Å². The van der Waals surface area contributed by atoms with E-state index in [2.05, 4.69) is 10.6 Å². The Balaban J connectivity index is 1.91. The van der Waals surface area contributed by atoms with Crippen molar-refractivity contribution >= 4 is 29.2 Å². The van der Waals surface area contributed by atoms with E-state index in [1.54, 1.807) is 24.3 Å². The van der Waals surface area contributed by atoms with Crippen molar-refractivity contribution in [1.29, 1.82) is 0 Å². The van der Waals surface area contributed by atoms with E-state index in [0.29, 0.717) is 11.3 Å². The standard InChI is InChI=1S/C19H18F2N2O4/c1-11(19(26)23-18-15(20)4-3-5-16(18)21)27-17(25)10-13-6-8-14(9-7-13)22-12(2)24/h3-9,11H,10H2,1-2H3,(H,22,24)(H,23,26)/t11-/m0/s1. The van der Waals surface area contributed by atoms with Crippen LogP contribution in [0.1, 0.15) is 19.4 Å². The van der Waals surface area contributed by atoms with E-state index in [0.717, 1.165) is 12.1 Å². The van der Waals surface area contributed by atoms with Crippen molar-refractivity contribution in [3.8, 4) is 0 Å². The van der Waals surface area contributed by atoms with Crippen LogP contribution in [-0.2, 0) is 25.5 Å². The molecule has 8 heteroatoms. The van der Waals surface area contributed by atoms with E-state index < -0.39 is 35.3 Å². The molecule has 2 aromatic carbocycles. The van der Waals surface area contributed by atoms with Crippen LogP contribution < -0.4 is 10.6 Å². The van der Waals surface area contributed by atoms with Gasteiger partial charge in [-0.2, -0.15) is 0 Å². The number of esters is 1. The van der Waals surface area contributed by atoms with Crippen LogP contribution in [0.4, 0.5) is 20.2 Å². The van der Waals surface area contributed by atoms with Gasteiger partial charge in [-0.1, -0.05) is 18.2 Å². The molecule has 0 fully saturated rings. The molecule has 0 aliphatic heterocycles. The van der Waals surface area contributed by atoms with E-state index >= 15 is 0 Å². The number of benzene rings is 2. The zero-order valence-corrected chi connectivity index (χ0v) is 14.7. The van der Waals surface area contributed by atoms with Crippen molar-refractivity contribution in [2.75, 3.05) is 10.6 Å². The summed E-state index contributed by atoms with van der Waals surface area (Å²) in [7, 11) is 0. The molecule has 0 saturated heterocycles. The van der Waals surface area contributed by atoms with Crippen LogP contribution in [0.25, 0.3) is 0 Å². The second kappa shape index (κ2) is 8.88. The maximum atomic E-state index is 13.5. The highest BCUT2D eigenvalue weighted by Crippen LogP contribution is 2.18. The van der Waals surface area contributed by atoms with Gasteiger partial charge < -0.3 is 15.4 Å². The molecule has 6 nitrogen and oxygen atoms in total. The molecule has 0 spiro atoms. The second-order valence-corrected chi connectivity index (χ2v) is 5.77. The molecule has 0 heterocycles. The number of carbonyl (C=O) groups is 3. The third kappa shape index (κ3) is 5.88. The molecule has 2 aromatic rings. The Hall–Kier alpha value is -3.29. The number of rotatable bonds is 6. The van der Waals surface area contributed by atoms with Crippen molar-refractivity contribution < 1.29 is 27.9 Å². The van der Waals surface area contributed by atoms with Gasteiger partial charge in [-0.15, -0.1) is 0 Å². The molecule has 2 rings (SSSR count). The van der Waals surface area contributed by atoms with Crippen LogP contribution in [0, 0.1) is 11.6 Å². The molecule has 1 atom stereocenters. The molecule has 2 amide bonds. The van der Waals surface area contributed by atoms with Gasteiger partial charge in [0.25, 0.3) is 5.91 Å². The predicted molar refractivity (Wildman–Crippen MR) is 95.0 cm³/mol. The van der Waals surface area contributed by atoms with Gasteiger partial charge in [0.1, 0.15) is 17.3 Å². The maximum absolute atomic E-state index is 13.5. The van der Waals surface area contributed by atoms with Crippen molar-refractivity contribution in [3.05, 3.63) is 59.7 Å². The summed E-state index contributed by atoms with van der Waals surface area (Å²) in [6.07, 6.45) is -1.35. The highest BCUT2D eigenvalue weighted by Gasteiger charge is 2.21. The van der Waals surface area contributed by atoms with Crippen LogP contribution in [0.15, 0.2) is 42.5 Å². The van der Waals surface area contributed by atoms with Crippen LogP contribution in [0.2, 0.25) is 0 Å². The fourth-order valence-electron chi connectivity index (χ4n) is 2.21. The minimum Gasteiger partial charge on any atom is -0.452 e. The largest absolute Gasteiger partial charge is 0.452 e. The molecule has 0 bridgehead atoms. The van der Waals surface area contributed by atoms with Crippen LogP contribution in [0.5, 0.6) is 0 Å². The molecule has 0 aliphatic rings. The van der Waals surface area contributed by atoms with Crippen molar-refractivity contribution in [3.63, 3.8) is 0 Å². The minimum atomic E-state index is -1.24. The Kier molecular flexibility index (Phi) is 6.59. The number of hydrogen-bond donors (Lipinski definition) is 2. The number of nitrogens with one attached hydrogen (secondary N) is 2. The average molecular weight is 376 g/mol. The quantitative estimate of drug-likeness (QED) is 0.759. The average Bonchev–Trinajstić information content (AvgIpc) is 2.59. The summed E-state index contributed by atoms with van der Waals surface area (Å²) in [6, 6.07) is 9.68. The molecule has 0 aromatic heterocycles. The van der Waals surface area contributed by atoms with Gasteiger partial charge in [0.05, 0.1) is 6.42 Å². The van der Waals surface area contributed by atoms with Crippen LogP contribution in [-0.4, -0.2) is 23.9 Å². The van der Waals surface area contributed by atoms with Crippen LogP contribution >= 0.6 is 0 Å². The number of amides is 2. The van der Waals surface area contributed by atoms with E-state index in [4.69, 9.17) is 4.74 Å². The molecular formula is C19H18F2N2O4. The van der Waals surface area contributed by atoms with Crippen molar-refractivity contribution in [2.24, 2.45) is 0 Å². The summed E-state index contributed by atoms with van der Waals surface area (Å²) < 4.78 is 32.1. The Morgan fingerprint density at radius 3 is 2.15 bits per heavy atom. The van der Waals surface area contributed by atoms with E-state index in [-0.39, 0.29) is 12.3 Å². The lowest BCUT2D eigenvalue weighted by Crippen LogP contribution is -2.31. The predicted octanol–water partition coefficient (Wildman–Crippen LogP) is 3.04. The molecule has 27 heavy (non-hydrogen) atoms. The first-order valence-corrected chi connectivity index (χ1v) is 8.07. The molecule has 0 saturated carbocycles. The van der Waals surface area contributed by atoms with Crippen molar-refractivity contribution in [1.82, 2.24) is 0 Å². The lowest BCUT2D eigenvalue weighted by atomic mass is 10.1. The molecule has 0 unspecified atom stereocenters. The first kappa shape index (κ1) is 20.0. The van der Waals surface area contributed by atoms with Crippen LogP contribution in [0.3, 0.4) is 0 Å². The zero-order valence-electron chi connectivity index (χ0n) is 14.7. The fourth-order valence-corrected chi connectivity index (χ4v) is 2.21. The summed E-state index contributed by atoms with van der Waals surface area (Å²) in [5, 5.41) is 4.66. The van der Waals surface area contributed by atoms with Gasteiger partial charge in [-0.05, 0) is 36.8 Å². The summed E-state index contributed by atoms with van der Waals surface area (Å²) in [5.41, 5.74) is 0.597. The summed E-state index contributed by atoms with van der Waals surface area (Å²) in [5.74, 6) is -3.61. The molecular weight excluding hydrogens is 358 g/mol. The maximum Gasteiger partial charge on any atom is 0.311 e. The monoisotopic (exact) mass is 376 g/mol. The van der Waals surface area contributed by atoms with Crippen molar-refractivity contribution in [2.45, 2.75) is 26.4 Å². The van der Waals surface area contributed by atoms with Gasteiger partial charge in [0, 0.05) is 12.6 Å². The third-order valence-corrected chi connectivity index (χ3v) is 3.51. The lowest BCUT2D eigenvalue weighted by molar-refractivity contribution is -0.152. The third-order valence-electron chi connectivity index (χ3n) is 3.51. The van der Waals surface area contributed by atoms with Gasteiger partial charge in [0.15, 0.2) is 6.10 Å². The highest BCUT2D eigenvalue weighted by molar-refractivity contribution is 5.95. The number of carbonyl (C=O) groups excluding carboxylic acids is 3. The summed E-state index contributed by atoms with van der Waals surface area (Å²) in [4.78, 5) is 34.9. The number of hydrogen-bond acceptors (Lipinski definition) is 4. The van der Waals surface area contributed by atoms with Gasteiger partial charge >= 0.3 is 5.97 Å². The summed E-state index contributed by atoms with van der Waals surface area (Å²) >= 11 is 0. The van der Waals surface area contributed by atoms with E-state index in [1.165, 1.54) is 19.9 Å². The second-order valence-electron chi connectivity index (χ2n) is 5.77. The fraction of sp³-hybridized carbons (Fsp3) is 0.211. The number of para-hydroxylation sites is 1. The Bertz CT molecular complexity index is 833. The topological polar surface area (TPSA) is 84.5 Å².